The quantitative estimate of drug-likeness (QED) is 0.127. The van der Waals surface area contributed by atoms with E-state index in [0.717, 1.165) is 183 Å². The van der Waals surface area contributed by atoms with Crippen LogP contribution in [0.15, 0.2) is 322 Å². The van der Waals surface area contributed by atoms with E-state index in [1.807, 2.05) is 12.1 Å². The number of hydrogen-bond donors (Lipinski definition) is 0. The number of nitrogens with zero attached hydrogens (tertiary/aromatic N) is 10. The molecule has 0 aliphatic heterocycles. The van der Waals surface area contributed by atoms with Crippen LogP contribution < -0.4 is 16.6 Å². The minimum absolute atomic E-state index is 0.346. The van der Waals surface area contributed by atoms with Crippen molar-refractivity contribution in [3.8, 4) is 56.9 Å². The molecule has 0 N–H and O–H groups in total. The van der Waals surface area contributed by atoms with Gasteiger partial charge in [0.25, 0.3) is 6.71 Å². The Bertz CT molecular complexity index is 6210. The molecule has 10 heterocycles. The van der Waals surface area contributed by atoms with E-state index in [2.05, 4.69) is 328 Å². The Balaban J connectivity index is 0.731. The Morgan fingerprint density at radius 2 is 0.505 bits per heavy atom. The molecule has 0 aliphatic carbocycles. The maximum atomic E-state index is 5.55. The maximum absolute atomic E-state index is 5.55. The molecular weight excluding hydrogens is 1180 g/mol. The zero-order valence-electron chi connectivity index (χ0n) is 52.1. The van der Waals surface area contributed by atoms with Gasteiger partial charge in [0.2, 0.25) is 0 Å². The molecule has 0 radical (unpaired) electrons. The van der Waals surface area contributed by atoms with Crippen LogP contribution in [-0.4, -0.2) is 54.9 Å². The van der Waals surface area contributed by atoms with Crippen molar-refractivity contribution in [1.82, 2.24) is 48.2 Å². The second-order valence-corrected chi connectivity index (χ2v) is 24.9. The zero-order chi connectivity index (χ0) is 63.7. The predicted molar refractivity (Wildman–Crippen MR) is 399 cm³/mol. The van der Waals surface area contributed by atoms with Crippen LogP contribution in [0, 0.1) is 0 Å². The molecule has 0 aliphatic rings. The Kier molecular flexibility index (Phi) is 12.2. The molecule has 10 nitrogen and oxygen atoms in total. The lowest BCUT2D eigenvalue weighted by molar-refractivity contribution is 1.07. The van der Waals surface area contributed by atoms with E-state index in [1.165, 1.54) is 0 Å². The van der Waals surface area contributed by atoms with Crippen molar-refractivity contribution < 1.29 is 0 Å². The molecule has 0 fully saturated rings. The SMILES string of the molecule is c1ccc(-c2ccc(B(c3ccc4nc(-n5c6ccccc6c6ccc7c8ccccc8n(-c8cccc(-c9ccccc9)n8)c7c65)ccc4n3)c3ccc4nc(-n5c6ccccc6c6ccc7c8ccccc8n(-c8cccc(-c9ccccc9)n8)c7c65)ccc4n3)cc2)cc1. The van der Waals surface area contributed by atoms with E-state index in [4.69, 9.17) is 29.9 Å². The van der Waals surface area contributed by atoms with E-state index >= 15 is 0 Å². The summed E-state index contributed by atoms with van der Waals surface area (Å²) in [6, 6.07) is 113. The summed E-state index contributed by atoms with van der Waals surface area (Å²) in [5.41, 5.74) is 20.6. The smallest absolute Gasteiger partial charge is 0.288 e. The van der Waals surface area contributed by atoms with E-state index < -0.39 is 0 Å². The van der Waals surface area contributed by atoms with Crippen molar-refractivity contribution in [2.45, 2.75) is 0 Å². The molecular formula is C86H53BN10. The highest BCUT2D eigenvalue weighted by Crippen LogP contribution is 2.44. The molecule has 0 saturated carbocycles. The molecule has 0 amide bonds. The van der Waals surface area contributed by atoms with Crippen LogP contribution in [0.25, 0.3) is 166 Å². The Morgan fingerprint density at radius 1 is 0.196 bits per heavy atom. The van der Waals surface area contributed by atoms with Gasteiger partial charge in [-0.15, -0.1) is 0 Å². The second kappa shape index (κ2) is 21.7. The van der Waals surface area contributed by atoms with Gasteiger partial charge in [0, 0.05) is 65.4 Å². The van der Waals surface area contributed by atoms with Gasteiger partial charge in [-0.25, -0.2) is 19.9 Å². The van der Waals surface area contributed by atoms with Crippen molar-refractivity contribution in [2.75, 3.05) is 0 Å². The number of aromatic nitrogens is 10. The molecule has 0 unspecified atom stereocenters. The van der Waals surface area contributed by atoms with Gasteiger partial charge in [0.05, 0.1) is 77.6 Å². The van der Waals surface area contributed by atoms with Crippen LogP contribution in [0.4, 0.5) is 0 Å². The first kappa shape index (κ1) is 54.4. The number of pyridine rings is 6. The van der Waals surface area contributed by atoms with Gasteiger partial charge in [0.1, 0.15) is 23.3 Å². The van der Waals surface area contributed by atoms with Crippen LogP contribution in [-0.2, 0) is 0 Å². The van der Waals surface area contributed by atoms with Crippen molar-refractivity contribution in [3.05, 3.63) is 322 Å². The van der Waals surface area contributed by atoms with Gasteiger partial charge in [-0.05, 0) is 108 Å². The standard InChI is InChI=1S/C86H53BN10/c1-4-20-54(21-5-1)55-38-40-58(41-39-55)87(77-50-46-71-69(88-77)48-52-81(92-71)96-75-34-16-12-28-61(75)65-44-42-63-59-26-10-14-32-73(59)94(83(63)85(65)96)79-36-18-30-67(90-79)56-22-6-2-7-23-56)78-51-47-72-70(89-78)49-53-82(93-72)97-76-35-17-13-29-62(76)66-45-43-64-60-27-11-15-33-74(60)95(84(64)86(66)97)80-37-19-31-68(91-80)57-24-8-3-9-25-57/h1-53H. The summed E-state index contributed by atoms with van der Waals surface area (Å²) >= 11 is 0. The second-order valence-electron chi connectivity index (χ2n) is 24.9. The molecule has 11 heteroatoms. The average Bonchev–Trinajstić information content (AvgIpc) is 1.56. The monoisotopic (exact) mass is 1240 g/mol. The largest absolute Gasteiger partial charge is 0.292 e. The molecule has 97 heavy (non-hydrogen) atoms. The van der Waals surface area contributed by atoms with E-state index in [1.54, 1.807) is 0 Å². The lowest BCUT2D eigenvalue weighted by Crippen LogP contribution is -2.54. The maximum Gasteiger partial charge on any atom is 0.288 e. The van der Waals surface area contributed by atoms with Gasteiger partial charge in [0.15, 0.2) is 0 Å². The third kappa shape index (κ3) is 8.62. The summed E-state index contributed by atoms with van der Waals surface area (Å²) in [6.07, 6.45) is 0. The molecule has 20 rings (SSSR count). The fraction of sp³-hybridized carbons (Fsp3) is 0. The van der Waals surface area contributed by atoms with Crippen molar-refractivity contribution in [1.29, 1.82) is 0 Å². The van der Waals surface area contributed by atoms with Gasteiger partial charge in [-0.2, -0.15) is 0 Å². The highest BCUT2D eigenvalue weighted by Gasteiger charge is 2.29. The molecule has 20 aromatic rings. The van der Waals surface area contributed by atoms with Gasteiger partial charge in [-0.3, -0.25) is 28.2 Å². The fourth-order valence-electron chi connectivity index (χ4n) is 15.2. The summed E-state index contributed by atoms with van der Waals surface area (Å²) < 4.78 is 9.33. The minimum atomic E-state index is -0.346. The zero-order valence-corrected chi connectivity index (χ0v) is 52.1. The first-order valence-corrected chi connectivity index (χ1v) is 32.8. The first-order valence-electron chi connectivity index (χ1n) is 32.8. The van der Waals surface area contributed by atoms with Crippen LogP contribution in [0.2, 0.25) is 0 Å². The summed E-state index contributed by atoms with van der Waals surface area (Å²) in [5.74, 6) is 3.26. The van der Waals surface area contributed by atoms with Crippen molar-refractivity contribution in [2.24, 2.45) is 0 Å². The first-order chi connectivity index (χ1) is 48.1. The number of benzene rings is 10. The third-order valence-corrected chi connectivity index (χ3v) is 19.5. The van der Waals surface area contributed by atoms with Crippen LogP contribution >= 0.6 is 0 Å². The molecule has 450 valence electrons. The number of fused-ring (bicyclic) bond motifs is 16. The summed E-state index contributed by atoms with van der Waals surface area (Å²) in [6.45, 7) is -0.346. The summed E-state index contributed by atoms with van der Waals surface area (Å²) in [5, 5.41) is 9.11. The van der Waals surface area contributed by atoms with Gasteiger partial charge < -0.3 is 0 Å². The highest BCUT2D eigenvalue weighted by molar-refractivity contribution is 6.94. The molecule has 0 saturated heterocycles. The lowest BCUT2D eigenvalue weighted by atomic mass is 9.40. The van der Waals surface area contributed by atoms with Crippen LogP contribution in [0.1, 0.15) is 0 Å². The molecule has 10 aromatic heterocycles. The number of rotatable bonds is 10. The van der Waals surface area contributed by atoms with Crippen molar-refractivity contribution in [3.63, 3.8) is 0 Å². The predicted octanol–water partition coefficient (Wildman–Crippen LogP) is 18.3. The fourth-order valence-corrected chi connectivity index (χ4v) is 15.2. The molecule has 0 atom stereocenters. The normalized spacial score (nSPS) is 11.9. The third-order valence-electron chi connectivity index (χ3n) is 19.5. The Hall–Kier alpha value is -13.1. The average molecular weight is 1240 g/mol. The van der Waals surface area contributed by atoms with Crippen molar-refractivity contribution >= 4 is 133 Å². The van der Waals surface area contributed by atoms with E-state index in [0.29, 0.717) is 0 Å². The van der Waals surface area contributed by atoms with E-state index in [9.17, 15) is 0 Å². The Morgan fingerprint density at radius 3 is 0.887 bits per heavy atom. The van der Waals surface area contributed by atoms with Crippen LogP contribution in [0.3, 0.4) is 0 Å². The van der Waals surface area contributed by atoms with Crippen LogP contribution in [0.5, 0.6) is 0 Å². The van der Waals surface area contributed by atoms with E-state index in [-0.39, 0.29) is 6.71 Å². The number of hydrogen-bond acceptors (Lipinski definition) is 6. The molecule has 0 spiro atoms. The molecule has 0 bridgehead atoms. The molecule has 10 aromatic carbocycles. The van der Waals surface area contributed by atoms with Gasteiger partial charge in [-0.1, -0.05) is 230 Å². The minimum Gasteiger partial charge on any atom is -0.292 e. The Labute approximate surface area is 556 Å². The summed E-state index contributed by atoms with van der Waals surface area (Å²) in [4.78, 5) is 32.9. The highest BCUT2D eigenvalue weighted by atomic mass is 15.1. The number of para-hydroxylation sites is 4. The van der Waals surface area contributed by atoms with Gasteiger partial charge >= 0.3 is 0 Å². The summed E-state index contributed by atoms with van der Waals surface area (Å²) in [7, 11) is 0. The lowest BCUT2D eigenvalue weighted by Gasteiger charge is -2.16. The topological polar surface area (TPSA) is 97.1 Å².